The van der Waals surface area contributed by atoms with Gasteiger partial charge in [0, 0.05) is 13.1 Å². The second-order valence-electron chi connectivity index (χ2n) is 7.32. The molecular formula is C21H22FNO5. The van der Waals surface area contributed by atoms with Crippen LogP contribution in [0.15, 0.2) is 42.5 Å². The number of carboxylic acid groups (broad SMARTS) is 1. The number of phenols is 1. The van der Waals surface area contributed by atoms with Crippen LogP contribution in [0.2, 0.25) is 0 Å². The molecular weight excluding hydrogens is 365 g/mol. The lowest BCUT2D eigenvalue weighted by Gasteiger charge is -2.43. The van der Waals surface area contributed by atoms with Crippen molar-refractivity contribution >= 4 is 11.9 Å². The number of hydrogen-bond acceptors (Lipinski definition) is 4. The maximum atomic E-state index is 13.2. The van der Waals surface area contributed by atoms with Crippen molar-refractivity contribution in [3.05, 3.63) is 65.0 Å². The van der Waals surface area contributed by atoms with Crippen LogP contribution in [-0.2, 0) is 11.2 Å². The molecule has 0 radical (unpaired) electrons. The topological polar surface area (TPSA) is 98.1 Å². The Labute approximate surface area is 161 Å². The van der Waals surface area contributed by atoms with Crippen LogP contribution in [0, 0.1) is 18.2 Å². The fourth-order valence-corrected chi connectivity index (χ4v) is 3.67. The first-order valence-electron chi connectivity index (χ1n) is 8.98. The number of rotatable bonds is 4. The molecule has 3 N–H and O–H groups in total. The molecule has 28 heavy (non-hydrogen) atoms. The van der Waals surface area contributed by atoms with E-state index in [1.807, 2.05) is 0 Å². The van der Waals surface area contributed by atoms with Gasteiger partial charge >= 0.3 is 5.97 Å². The summed E-state index contributed by atoms with van der Waals surface area (Å²) in [5.74, 6) is -2.33. The first-order chi connectivity index (χ1) is 13.2. The number of phenolic OH excluding ortho intramolecular Hbond substituents is 1. The first kappa shape index (κ1) is 19.8. The van der Waals surface area contributed by atoms with Crippen LogP contribution in [0.3, 0.4) is 0 Å². The quantitative estimate of drug-likeness (QED) is 0.748. The Bertz CT molecular complexity index is 898. The summed E-state index contributed by atoms with van der Waals surface area (Å²) in [6.07, 6.45) is -1.12. The smallest absolute Gasteiger partial charge is 0.314 e. The number of halogens is 1. The Kier molecular flexibility index (Phi) is 5.38. The van der Waals surface area contributed by atoms with Crippen molar-refractivity contribution in [2.75, 3.05) is 13.1 Å². The highest BCUT2D eigenvalue weighted by Crippen LogP contribution is 2.36. The third-order valence-corrected chi connectivity index (χ3v) is 5.31. The molecule has 0 spiro atoms. The molecule has 0 bridgehead atoms. The molecule has 2 aromatic carbocycles. The second kappa shape index (κ2) is 7.59. The third kappa shape index (κ3) is 3.71. The Morgan fingerprint density at radius 3 is 2.50 bits per heavy atom. The highest BCUT2D eigenvalue weighted by molar-refractivity contribution is 5.97. The van der Waals surface area contributed by atoms with Crippen molar-refractivity contribution in [3.8, 4) is 5.75 Å². The Hall–Kier alpha value is -2.93. The maximum Gasteiger partial charge on any atom is 0.314 e. The third-order valence-electron chi connectivity index (χ3n) is 5.31. The van der Waals surface area contributed by atoms with Gasteiger partial charge in [0.15, 0.2) is 0 Å². The molecule has 0 saturated carbocycles. The number of aliphatic hydroxyl groups is 1. The van der Waals surface area contributed by atoms with Gasteiger partial charge in [-0.15, -0.1) is 0 Å². The number of nitrogens with zero attached hydrogens (tertiary/aromatic N) is 1. The lowest BCUT2D eigenvalue weighted by molar-refractivity contribution is -0.161. The van der Waals surface area contributed by atoms with Crippen molar-refractivity contribution in [3.63, 3.8) is 0 Å². The van der Waals surface area contributed by atoms with E-state index in [9.17, 15) is 29.3 Å². The fraction of sp³-hybridized carbons (Fsp3) is 0.333. The second-order valence-corrected chi connectivity index (χ2v) is 7.32. The van der Waals surface area contributed by atoms with Gasteiger partial charge in [0.05, 0.1) is 11.7 Å². The molecule has 1 saturated heterocycles. The van der Waals surface area contributed by atoms with Crippen LogP contribution in [0.1, 0.15) is 27.9 Å². The molecule has 7 heteroatoms. The molecule has 3 rings (SSSR count). The molecule has 0 aromatic heterocycles. The fourth-order valence-electron chi connectivity index (χ4n) is 3.67. The zero-order valence-corrected chi connectivity index (χ0v) is 15.4. The number of amides is 1. The van der Waals surface area contributed by atoms with Crippen LogP contribution >= 0.6 is 0 Å². The SMILES string of the molecule is Cc1ccc(C(=O)N2CC[C@@H](O)[C@](Cc3ccc(F)cc3)(C(=O)O)C2)c(O)c1. The summed E-state index contributed by atoms with van der Waals surface area (Å²) in [6, 6.07) is 10.1. The predicted molar refractivity (Wildman–Crippen MR) is 99.5 cm³/mol. The van der Waals surface area contributed by atoms with E-state index in [0.717, 1.165) is 5.56 Å². The number of piperidine rings is 1. The highest BCUT2D eigenvalue weighted by atomic mass is 19.1. The van der Waals surface area contributed by atoms with Crippen molar-refractivity contribution < 1.29 is 29.3 Å². The lowest BCUT2D eigenvalue weighted by Crippen LogP contribution is -2.58. The number of aliphatic hydroxyl groups excluding tert-OH is 1. The van der Waals surface area contributed by atoms with E-state index in [1.165, 1.54) is 41.3 Å². The van der Waals surface area contributed by atoms with Crippen molar-refractivity contribution in [1.82, 2.24) is 4.90 Å². The van der Waals surface area contributed by atoms with E-state index in [2.05, 4.69) is 0 Å². The largest absolute Gasteiger partial charge is 0.507 e. The van der Waals surface area contributed by atoms with E-state index < -0.39 is 29.2 Å². The number of aryl methyl sites for hydroxylation is 1. The molecule has 1 aliphatic heterocycles. The van der Waals surface area contributed by atoms with Gasteiger partial charge in [-0.1, -0.05) is 18.2 Å². The summed E-state index contributed by atoms with van der Waals surface area (Å²) in [7, 11) is 0. The van der Waals surface area contributed by atoms with Crippen LogP contribution in [0.25, 0.3) is 0 Å². The molecule has 1 fully saturated rings. The lowest BCUT2D eigenvalue weighted by atomic mass is 9.72. The molecule has 2 aromatic rings. The zero-order valence-electron chi connectivity index (χ0n) is 15.4. The molecule has 0 aliphatic carbocycles. The van der Waals surface area contributed by atoms with E-state index in [1.54, 1.807) is 13.0 Å². The van der Waals surface area contributed by atoms with Crippen LogP contribution in [0.5, 0.6) is 5.75 Å². The average Bonchev–Trinajstić information content (AvgIpc) is 2.64. The van der Waals surface area contributed by atoms with E-state index in [0.29, 0.717) is 5.56 Å². The number of hydrogen-bond donors (Lipinski definition) is 3. The summed E-state index contributed by atoms with van der Waals surface area (Å²) in [5, 5.41) is 30.5. The van der Waals surface area contributed by atoms with Crippen LogP contribution in [-0.4, -0.2) is 51.3 Å². The Morgan fingerprint density at radius 1 is 1.21 bits per heavy atom. The van der Waals surface area contributed by atoms with Gasteiger partial charge < -0.3 is 20.2 Å². The number of benzene rings is 2. The number of carbonyl (C=O) groups excluding carboxylic acids is 1. The minimum atomic E-state index is -1.62. The molecule has 1 amide bonds. The van der Waals surface area contributed by atoms with Crippen LogP contribution < -0.4 is 0 Å². The maximum absolute atomic E-state index is 13.2. The van der Waals surface area contributed by atoms with E-state index in [-0.39, 0.29) is 37.2 Å². The molecule has 0 unspecified atom stereocenters. The van der Waals surface area contributed by atoms with Gasteiger partial charge in [-0.05, 0) is 55.2 Å². The summed E-state index contributed by atoms with van der Waals surface area (Å²) in [5.41, 5.74) is -0.191. The van der Waals surface area contributed by atoms with E-state index >= 15 is 0 Å². The monoisotopic (exact) mass is 387 g/mol. The zero-order chi connectivity index (χ0) is 20.5. The van der Waals surface area contributed by atoms with Gasteiger partial charge in [0.1, 0.15) is 17.0 Å². The summed E-state index contributed by atoms with van der Waals surface area (Å²) in [6.45, 7) is 1.74. The van der Waals surface area contributed by atoms with Crippen molar-refractivity contribution in [1.29, 1.82) is 0 Å². The highest BCUT2D eigenvalue weighted by Gasteiger charge is 2.50. The molecule has 148 valence electrons. The van der Waals surface area contributed by atoms with Gasteiger partial charge in [-0.25, -0.2) is 4.39 Å². The molecule has 6 nitrogen and oxygen atoms in total. The number of carbonyl (C=O) groups is 2. The minimum absolute atomic E-state index is 0.0482. The number of aliphatic carboxylic acids is 1. The normalized spacial score (nSPS) is 22.1. The predicted octanol–water partition coefficient (Wildman–Crippen LogP) is 2.36. The first-order valence-corrected chi connectivity index (χ1v) is 8.98. The van der Waals surface area contributed by atoms with Crippen molar-refractivity contribution in [2.24, 2.45) is 5.41 Å². The summed E-state index contributed by atoms with van der Waals surface area (Å²) >= 11 is 0. The van der Waals surface area contributed by atoms with Crippen LogP contribution in [0.4, 0.5) is 4.39 Å². The Balaban J connectivity index is 1.91. The standard InChI is InChI=1S/C21H22FNO5/c1-13-2-7-16(17(24)10-13)19(26)23-9-8-18(25)21(12-23,20(27)28)11-14-3-5-15(22)6-4-14/h2-7,10,18,24-25H,8-9,11-12H2,1H3,(H,27,28)/t18-,21-/m1/s1. The number of carboxylic acids is 1. The van der Waals surface area contributed by atoms with Gasteiger partial charge in [-0.2, -0.15) is 0 Å². The molecule has 1 aliphatic rings. The Morgan fingerprint density at radius 2 is 1.89 bits per heavy atom. The van der Waals surface area contributed by atoms with Gasteiger partial charge in [0.25, 0.3) is 5.91 Å². The minimum Gasteiger partial charge on any atom is -0.507 e. The number of likely N-dealkylation sites (tertiary alicyclic amines) is 1. The molecule has 1 heterocycles. The van der Waals surface area contributed by atoms with Crippen molar-refractivity contribution in [2.45, 2.75) is 25.9 Å². The van der Waals surface area contributed by atoms with Gasteiger partial charge in [0.2, 0.25) is 0 Å². The summed E-state index contributed by atoms with van der Waals surface area (Å²) in [4.78, 5) is 26.4. The van der Waals surface area contributed by atoms with E-state index in [4.69, 9.17) is 0 Å². The number of aromatic hydroxyl groups is 1. The summed E-state index contributed by atoms with van der Waals surface area (Å²) < 4.78 is 13.2. The molecule has 2 atom stereocenters. The van der Waals surface area contributed by atoms with Gasteiger partial charge in [-0.3, -0.25) is 9.59 Å². The average molecular weight is 387 g/mol.